The van der Waals surface area contributed by atoms with Gasteiger partial charge in [0, 0.05) is 6.54 Å². The molecule has 0 aliphatic carbocycles. The minimum atomic E-state index is -0.106. The Bertz CT molecular complexity index is 611. The molecule has 0 bridgehead atoms. The lowest BCUT2D eigenvalue weighted by molar-refractivity contribution is -0.115. The van der Waals surface area contributed by atoms with Crippen molar-refractivity contribution in [1.29, 1.82) is 0 Å². The zero-order chi connectivity index (χ0) is 15.6. The molecule has 0 saturated carbocycles. The summed E-state index contributed by atoms with van der Waals surface area (Å²) in [6.45, 7) is 4.91. The Balaban J connectivity index is 1.83. The van der Waals surface area contributed by atoms with Crippen LogP contribution in [0.5, 0.6) is 5.75 Å². The fourth-order valence-electron chi connectivity index (χ4n) is 1.96. The van der Waals surface area contributed by atoms with Crippen LogP contribution in [0.2, 0.25) is 0 Å². The first-order valence-electron chi connectivity index (χ1n) is 7.17. The molecule has 0 aliphatic rings. The van der Waals surface area contributed by atoms with Crippen molar-refractivity contribution in [3.05, 3.63) is 72.8 Å². The van der Waals surface area contributed by atoms with Crippen molar-refractivity contribution in [3.63, 3.8) is 0 Å². The molecule has 2 N–H and O–H groups in total. The van der Waals surface area contributed by atoms with Crippen molar-refractivity contribution in [2.75, 3.05) is 18.5 Å². The van der Waals surface area contributed by atoms with E-state index in [0.29, 0.717) is 24.6 Å². The molecule has 4 heteroatoms. The summed E-state index contributed by atoms with van der Waals surface area (Å²) in [7, 11) is 0. The zero-order valence-corrected chi connectivity index (χ0v) is 12.4. The molecule has 0 fully saturated rings. The number of carbonyl (C=O) groups is 1. The first-order chi connectivity index (χ1) is 10.8. The third-order valence-corrected chi connectivity index (χ3v) is 2.98. The summed E-state index contributed by atoms with van der Waals surface area (Å²) in [6, 6.07) is 17.3. The van der Waals surface area contributed by atoms with Gasteiger partial charge in [0.15, 0.2) is 0 Å². The summed E-state index contributed by atoms with van der Waals surface area (Å²) >= 11 is 0. The molecule has 0 unspecified atom stereocenters. The van der Waals surface area contributed by atoms with Gasteiger partial charge in [-0.15, -0.1) is 0 Å². The third-order valence-electron chi connectivity index (χ3n) is 2.98. The second kappa shape index (κ2) is 8.64. The van der Waals surface area contributed by atoms with Crippen molar-refractivity contribution in [3.8, 4) is 5.75 Å². The summed E-state index contributed by atoms with van der Waals surface area (Å²) in [4.78, 5) is 12.0. The quantitative estimate of drug-likeness (QED) is 0.736. The Morgan fingerprint density at radius 1 is 1.09 bits per heavy atom. The van der Waals surface area contributed by atoms with E-state index in [0.717, 1.165) is 5.56 Å². The van der Waals surface area contributed by atoms with Crippen molar-refractivity contribution in [1.82, 2.24) is 5.32 Å². The van der Waals surface area contributed by atoms with Gasteiger partial charge in [-0.2, -0.15) is 0 Å². The summed E-state index contributed by atoms with van der Waals surface area (Å²) in [5.74, 6) is 0.532. The van der Waals surface area contributed by atoms with E-state index in [9.17, 15) is 4.79 Å². The van der Waals surface area contributed by atoms with E-state index in [1.807, 2.05) is 54.6 Å². The van der Waals surface area contributed by atoms with E-state index in [1.54, 1.807) is 6.08 Å². The fraction of sp³-hybridized carbons (Fsp3) is 0.167. The molecule has 0 heterocycles. The number of amides is 1. The number of rotatable bonds is 8. The van der Waals surface area contributed by atoms with Gasteiger partial charge in [0.2, 0.25) is 5.91 Å². The second-order valence-electron chi connectivity index (χ2n) is 4.73. The smallest absolute Gasteiger partial charge is 0.238 e. The van der Waals surface area contributed by atoms with Crippen molar-refractivity contribution in [2.45, 2.75) is 6.54 Å². The Labute approximate surface area is 130 Å². The first kappa shape index (κ1) is 15.8. The Kier molecular flexibility index (Phi) is 6.20. The van der Waals surface area contributed by atoms with Crippen LogP contribution in [0.3, 0.4) is 0 Å². The van der Waals surface area contributed by atoms with E-state index >= 15 is 0 Å². The van der Waals surface area contributed by atoms with Gasteiger partial charge in [0.1, 0.15) is 12.4 Å². The van der Waals surface area contributed by atoms with Gasteiger partial charge in [-0.25, -0.2) is 0 Å². The van der Waals surface area contributed by atoms with Crippen molar-refractivity contribution in [2.24, 2.45) is 0 Å². The highest BCUT2D eigenvalue weighted by atomic mass is 16.5. The van der Waals surface area contributed by atoms with E-state index in [-0.39, 0.29) is 12.5 Å². The average molecular weight is 296 g/mol. The molecule has 1 amide bonds. The molecule has 0 saturated heterocycles. The molecule has 0 spiro atoms. The van der Waals surface area contributed by atoms with E-state index < -0.39 is 0 Å². The van der Waals surface area contributed by atoms with Crippen LogP contribution in [0, 0.1) is 0 Å². The standard InChI is InChI=1S/C18H20N2O2/c1-2-12-22-17-11-7-6-10-16(17)20-18(21)14-19-13-15-8-4-3-5-9-15/h2-11,19H,1,12-14H2,(H,20,21). The number of para-hydroxylation sites is 2. The number of carbonyl (C=O) groups excluding carboxylic acids is 1. The summed E-state index contributed by atoms with van der Waals surface area (Å²) < 4.78 is 5.51. The summed E-state index contributed by atoms with van der Waals surface area (Å²) in [5, 5.41) is 5.96. The van der Waals surface area contributed by atoms with E-state index in [4.69, 9.17) is 4.74 Å². The largest absolute Gasteiger partial charge is 0.487 e. The third kappa shape index (κ3) is 5.07. The number of ether oxygens (including phenoxy) is 1. The van der Waals surface area contributed by atoms with Crippen molar-refractivity contribution < 1.29 is 9.53 Å². The maximum atomic E-state index is 12.0. The lowest BCUT2D eigenvalue weighted by atomic mass is 10.2. The first-order valence-corrected chi connectivity index (χ1v) is 7.17. The number of hydrogen-bond donors (Lipinski definition) is 2. The normalized spacial score (nSPS) is 10.0. The molecule has 2 rings (SSSR count). The molecule has 2 aromatic rings. The van der Waals surface area contributed by atoms with Crippen LogP contribution < -0.4 is 15.4 Å². The van der Waals surface area contributed by atoms with Crippen LogP contribution in [-0.4, -0.2) is 19.1 Å². The Hall–Kier alpha value is -2.59. The van der Waals surface area contributed by atoms with Gasteiger partial charge in [-0.3, -0.25) is 4.79 Å². The monoisotopic (exact) mass is 296 g/mol. The minimum Gasteiger partial charge on any atom is -0.487 e. The molecule has 0 aromatic heterocycles. The molecule has 114 valence electrons. The van der Waals surface area contributed by atoms with Crippen LogP contribution in [0.1, 0.15) is 5.56 Å². The minimum absolute atomic E-state index is 0.106. The Morgan fingerprint density at radius 2 is 1.82 bits per heavy atom. The summed E-state index contributed by atoms with van der Waals surface area (Å²) in [6.07, 6.45) is 1.67. The van der Waals surface area contributed by atoms with E-state index in [2.05, 4.69) is 17.2 Å². The van der Waals surface area contributed by atoms with Gasteiger partial charge in [-0.1, -0.05) is 55.1 Å². The molecule has 4 nitrogen and oxygen atoms in total. The molecule has 0 aliphatic heterocycles. The summed E-state index contributed by atoms with van der Waals surface area (Å²) in [5.41, 5.74) is 1.81. The van der Waals surface area contributed by atoms with E-state index in [1.165, 1.54) is 0 Å². The molecule has 22 heavy (non-hydrogen) atoms. The molecule has 2 aromatic carbocycles. The lowest BCUT2D eigenvalue weighted by Crippen LogP contribution is -2.27. The highest BCUT2D eigenvalue weighted by Gasteiger charge is 2.06. The van der Waals surface area contributed by atoms with Gasteiger partial charge in [-0.05, 0) is 17.7 Å². The SMILES string of the molecule is C=CCOc1ccccc1NC(=O)CNCc1ccccc1. The fourth-order valence-corrected chi connectivity index (χ4v) is 1.96. The number of hydrogen-bond acceptors (Lipinski definition) is 3. The molecular weight excluding hydrogens is 276 g/mol. The molecule has 0 atom stereocenters. The highest BCUT2D eigenvalue weighted by molar-refractivity contribution is 5.93. The molecular formula is C18H20N2O2. The number of nitrogens with one attached hydrogen (secondary N) is 2. The maximum Gasteiger partial charge on any atom is 0.238 e. The molecule has 0 radical (unpaired) electrons. The van der Waals surface area contributed by atoms with Crippen LogP contribution >= 0.6 is 0 Å². The van der Waals surface area contributed by atoms with Crippen LogP contribution in [0.4, 0.5) is 5.69 Å². The van der Waals surface area contributed by atoms with Crippen LogP contribution in [0.25, 0.3) is 0 Å². The lowest BCUT2D eigenvalue weighted by Gasteiger charge is -2.11. The maximum absolute atomic E-state index is 12.0. The highest BCUT2D eigenvalue weighted by Crippen LogP contribution is 2.23. The zero-order valence-electron chi connectivity index (χ0n) is 12.4. The van der Waals surface area contributed by atoms with Crippen LogP contribution in [-0.2, 0) is 11.3 Å². The predicted molar refractivity (Wildman–Crippen MR) is 88.9 cm³/mol. The number of benzene rings is 2. The van der Waals surface area contributed by atoms with Crippen LogP contribution in [0.15, 0.2) is 67.3 Å². The average Bonchev–Trinajstić information content (AvgIpc) is 2.55. The van der Waals surface area contributed by atoms with Gasteiger partial charge in [0.05, 0.1) is 12.2 Å². The number of anilines is 1. The van der Waals surface area contributed by atoms with Crippen molar-refractivity contribution >= 4 is 11.6 Å². The predicted octanol–water partition coefficient (Wildman–Crippen LogP) is 2.98. The topological polar surface area (TPSA) is 50.4 Å². The second-order valence-corrected chi connectivity index (χ2v) is 4.73. The Morgan fingerprint density at radius 3 is 2.59 bits per heavy atom. The van der Waals surface area contributed by atoms with Gasteiger partial charge >= 0.3 is 0 Å². The van der Waals surface area contributed by atoms with Gasteiger partial charge in [0.25, 0.3) is 0 Å². The van der Waals surface area contributed by atoms with Gasteiger partial charge < -0.3 is 15.4 Å².